The Balaban J connectivity index is 2.05. The Bertz CT molecular complexity index is 1570. The van der Waals surface area contributed by atoms with Crippen LogP contribution in [-0.2, 0) is 24.4 Å². The molecule has 4 rings (SSSR count). The highest BCUT2D eigenvalue weighted by atomic mass is 32.1. The fourth-order valence-corrected chi connectivity index (χ4v) is 6.06. The average molecular weight is 664 g/mol. The first-order chi connectivity index (χ1) is 19.9. The van der Waals surface area contributed by atoms with Gasteiger partial charge in [0.1, 0.15) is 22.7 Å². The molecule has 44 heavy (non-hydrogen) atoms. The van der Waals surface area contributed by atoms with Gasteiger partial charge in [-0.25, -0.2) is 9.37 Å². The fraction of sp³-hybridized carbons (Fsp3) is 0.520. The van der Waals surface area contributed by atoms with Crippen LogP contribution in [0, 0.1) is 5.82 Å². The molecule has 0 radical (unpaired) electrons. The van der Waals surface area contributed by atoms with E-state index in [0.29, 0.717) is 24.2 Å². The Labute approximate surface area is 246 Å². The van der Waals surface area contributed by atoms with Crippen molar-refractivity contribution in [2.24, 2.45) is 7.05 Å². The van der Waals surface area contributed by atoms with E-state index in [1.165, 1.54) is 30.4 Å². The van der Waals surface area contributed by atoms with E-state index < -0.39 is 74.8 Å². The number of aliphatic hydroxyl groups is 2. The highest BCUT2D eigenvalue weighted by Crippen LogP contribution is 2.53. The summed E-state index contributed by atoms with van der Waals surface area (Å²) in [5.74, 6) is -4.18. The molecule has 0 bridgehead atoms. The highest BCUT2D eigenvalue weighted by Gasteiger charge is 2.72. The first kappa shape index (κ1) is 33.6. The molecule has 8 nitrogen and oxygen atoms in total. The van der Waals surface area contributed by atoms with Gasteiger partial charge in [-0.2, -0.15) is 39.5 Å². The maximum absolute atomic E-state index is 15.4. The van der Waals surface area contributed by atoms with Crippen molar-refractivity contribution in [1.29, 1.82) is 0 Å². The van der Waals surface area contributed by atoms with E-state index in [1.807, 2.05) is 0 Å². The lowest BCUT2D eigenvalue weighted by molar-refractivity contribution is -0.377. The average Bonchev–Trinajstić information content (AvgIpc) is 3.58. The molecule has 19 heteroatoms. The summed E-state index contributed by atoms with van der Waals surface area (Å²) in [6.07, 6.45) is -18.2. The Morgan fingerprint density at radius 2 is 1.59 bits per heavy atom. The second-order valence-electron chi connectivity index (χ2n) is 10.7. The standard InChI is InChI=1S/C25H23F10N5O3S/c1-10-6-5-9-40(10)19(41)15-16(44-18(36-15)17-37-38-20(39(17)4)21(2,3)42)11-7-8-12(14(26)13(11)23(27,28)29)22(43,24(30,31)32)25(33,34)35/h7-8,10,42-43H,5-6,9H2,1-4H3/t10-/m0/s1. The first-order valence-corrected chi connectivity index (χ1v) is 13.4. The minimum absolute atomic E-state index is 0.0322. The van der Waals surface area contributed by atoms with Crippen LogP contribution in [0.15, 0.2) is 12.1 Å². The van der Waals surface area contributed by atoms with Gasteiger partial charge >= 0.3 is 18.5 Å². The maximum atomic E-state index is 15.4. The Kier molecular flexibility index (Phi) is 8.12. The molecule has 0 spiro atoms. The summed E-state index contributed by atoms with van der Waals surface area (Å²) in [6, 6.07) is -0.557. The summed E-state index contributed by atoms with van der Waals surface area (Å²) in [5.41, 5.74) is -14.9. The summed E-state index contributed by atoms with van der Waals surface area (Å²) >= 11 is 0.318. The predicted octanol–water partition coefficient (Wildman–Crippen LogP) is 5.93. The van der Waals surface area contributed by atoms with Crippen LogP contribution in [0.4, 0.5) is 43.9 Å². The van der Waals surface area contributed by atoms with Crippen molar-refractivity contribution in [2.45, 2.75) is 69.4 Å². The van der Waals surface area contributed by atoms with E-state index in [0.717, 1.165) is 0 Å². The van der Waals surface area contributed by atoms with Gasteiger partial charge in [0.2, 0.25) is 0 Å². The van der Waals surface area contributed by atoms with Gasteiger partial charge in [-0.3, -0.25) is 4.79 Å². The molecule has 1 amide bonds. The number of carbonyl (C=O) groups excluding carboxylic acids is 1. The van der Waals surface area contributed by atoms with Gasteiger partial charge in [-0.15, -0.1) is 21.5 Å². The number of alkyl halides is 9. The Morgan fingerprint density at radius 1 is 1.00 bits per heavy atom. The molecule has 0 unspecified atom stereocenters. The van der Waals surface area contributed by atoms with Gasteiger partial charge in [-0.1, -0.05) is 12.1 Å². The lowest BCUT2D eigenvalue weighted by atomic mass is 9.88. The number of halogens is 10. The minimum atomic E-state index is -6.68. The number of nitrogens with zero attached hydrogens (tertiary/aromatic N) is 5. The Hall–Kier alpha value is -3.32. The molecule has 3 heterocycles. The van der Waals surface area contributed by atoms with Gasteiger partial charge < -0.3 is 19.7 Å². The van der Waals surface area contributed by atoms with Crippen LogP contribution in [0.3, 0.4) is 0 Å². The monoisotopic (exact) mass is 663 g/mol. The second kappa shape index (κ2) is 10.6. The lowest BCUT2D eigenvalue weighted by Gasteiger charge is -2.33. The predicted molar refractivity (Wildman–Crippen MR) is 133 cm³/mol. The van der Waals surface area contributed by atoms with Crippen LogP contribution >= 0.6 is 11.3 Å². The summed E-state index contributed by atoms with van der Waals surface area (Å²) in [6.45, 7) is 4.49. The number of hydrogen-bond donors (Lipinski definition) is 2. The zero-order valence-electron chi connectivity index (χ0n) is 23.1. The summed E-state index contributed by atoms with van der Waals surface area (Å²) < 4.78 is 141. The number of amides is 1. The SMILES string of the molecule is C[C@H]1CCCN1C(=O)c1nc(-c2nnc(C(C)(C)O)n2C)sc1-c1ccc(C(O)(C(F)(F)F)C(F)(F)F)c(F)c1C(F)(F)F. The number of aromatic nitrogens is 4. The fourth-order valence-electron chi connectivity index (χ4n) is 4.95. The van der Waals surface area contributed by atoms with Crippen LogP contribution in [0.2, 0.25) is 0 Å². The molecule has 3 aromatic rings. The third kappa shape index (κ3) is 5.42. The minimum Gasteiger partial charge on any atom is -0.382 e. The second-order valence-corrected chi connectivity index (χ2v) is 11.7. The summed E-state index contributed by atoms with van der Waals surface area (Å²) in [7, 11) is 1.36. The smallest absolute Gasteiger partial charge is 0.382 e. The van der Waals surface area contributed by atoms with Gasteiger partial charge in [0.15, 0.2) is 16.7 Å². The highest BCUT2D eigenvalue weighted by molar-refractivity contribution is 7.18. The molecule has 1 aliphatic heterocycles. The van der Waals surface area contributed by atoms with Gasteiger partial charge in [0, 0.05) is 30.8 Å². The molecule has 1 atom stereocenters. The van der Waals surface area contributed by atoms with E-state index in [-0.39, 0.29) is 35.3 Å². The molecule has 242 valence electrons. The van der Waals surface area contributed by atoms with Crippen molar-refractivity contribution in [2.75, 3.05) is 6.54 Å². The number of hydrogen-bond acceptors (Lipinski definition) is 7. The van der Waals surface area contributed by atoms with Crippen molar-refractivity contribution < 1.29 is 58.9 Å². The zero-order chi connectivity index (χ0) is 33.4. The largest absolute Gasteiger partial charge is 0.430 e. The van der Waals surface area contributed by atoms with Crippen LogP contribution in [0.5, 0.6) is 0 Å². The lowest BCUT2D eigenvalue weighted by Crippen LogP contribution is -2.54. The van der Waals surface area contributed by atoms with Crippen LogP contribution in [0.25, 0.3) is 21.3 Å². The molecule has 2 aromatic heterocycles. The van der Waals surface area contributed by atoms with Gasteiger partial charge in [0.05, 0.1) is 4.88 Å². The molecule has 0 saturated carbocycles. The van der Waals surface area contributed by atoms with E-state index in [9.17, 15) is 54.5 Å². The quantitative estimate of drug-likeness (QED) is 0.329. The topological polar surface area (TPSA) is 104 Å². The Morgan fingerprint density at radius 3 is 2.05 bits per heavy atom. The summed E-state index contributed by atoms with van der Waals surface area (Å²) in [5, 5.41) is 27.4. The van der Waals surface area contributed by atoms with Crippen molar-refractivity contribution in [1.82, 2.24) is 24.6 Å². The maximum Gasteiger partial charge on any atom is 0.430 e. The molecular formula is C25H23F10N5O3S. The van der Waals surface area contributed by atoms with Crippen molar-refractivity contribution in [3.05, 3.63) is 40.6 Å². The van der Waals surface area contributed by atoms with E-state index >= 15 is 4.39 Å². The molecule has 1 aromatic carbocycles. The van der Waals surface area contributed by atoms with Gasteiger partial charge in [0.25, 0.3) is 11.5 Å². The van der Waals surface area contributed by atoms with Gasteiger partial charge in [-0.05, 0) is 33.6 Å². The first-order valence-electron chi connectivity index (χ1n) is 12.6. The number of rotatable bonds is 5. The number of carbonyl (C=O) groups is 1. The van der Waals surface area contributed by atoms with E-state index in [4.69, 9.17) is 0 Å². The molecule has 1 aliphatic rings. The van der Waals surface area contributed by atoms with Crippen molar-refractivity contribution in [3.8, 4) is 21.3 Å². The number of benzene rings is 1. The number of likely N-dealkylation sites (tertiary alicyclic amines) is 1. The molecule has 1 fully saturated rings. The number of thiazole rings is 1. The molecule has 1 saturated heterocycles. The van der Waals surface area contributed by atoms with Crippen molar-refractivity contribution >= 4 is 17.2 Å². The molecule has 0 aliphatic carbocycles. The van der Waals surface area contributed by atoms with Crippen LogP contribution in [-0.4, -0.2) is 65.7 Å². The van der Waals surface area contributed by atoms with Crippen LogP contribution < -0.4 is 0 Å². The third-order valence-electron chi connectivity index (χ3n) is 7.14. The zero-order valence-corrected chi connectivity index (χ0v) is 23.9. The van der Waals surface area contributed by atoms with Crippen LogP contribution in [0.1, 0.15) is 61.1 Å². The van der Waals surface area contributed by atoms with E-state index in [1.54, 1.807) is 6.92 Å². The third-order valence-corrected chi connectivity index (χ3v) is 8.22. The molecular weight excluding hydrogens is 640 g/mol. The molecule has 2 N–H and O–H groups in total. The van der Waals surface area contributed by atoms with E-state index in [2.05, 4.69) is 15.2 Å². The normalized spacial score (nSPS) is 17.1. The summed E-state index contributed by atoms with van der Waals surface area (Å²) in [4.78, 5) is 18.2. The van der Waals surface area contributed by atoms with Crippen molar-refractivity contribution in [3.63, 3.8) is 0 Å².